The van der Waals surface area contributed by atoms with E-state index in [1.807, 2.05) is 9.97 Å². The molecule has 1 rings (SSSR count). The normalized spacial score (nSPS) is 8.67. The van der Waals surface area contributed by atoms with E-state index in [1.54, 1.807) is 0 Å². The predicted octanol–water partition coefficient (Wildman–Crippen LogP) is -2.42. The molecule has 0 radical (unpaired) electrons. The summed E-state index contributed by atoms with van der Waals surface area (Å²) < 4.78 is 0. The van der Waals surface area contributed by atoms with E-state index in [2.05, 4.69) is 0 Å². The second-order valence-electron chi connectivity index (χ2n) is 1.81. The van der Waals surface area contributed by atoms with Crippen LogP contribution in [0.15, 0.2) is 15.7 Å². The van der Waals surface area contributed by atoms with Gasteiger partial charge in [-0.1, -0.05) is 0 Å². The van der Waals surface area contributed by atoms with E-state index in [0.717, 1.165) is 6.07 Å². The fourth-order valence-corrected chi connectivity index (χ4v) is 0.584. The van der Waals surface area contributed by atoms with Gasteiger partial charge in [0.2, 0.25) is 0 Å². The molecule has 0 aliphatic heterocycles. The van der Waals surface area contributed by atoms with Crippen molar-refractivity contribution in [3.8, 4) is 0 Å². The average Bonchev–Trinajstić information content (AvgIpc) is 1.85. The van der Waals surface area contributed by atoms with Gasteiger partial charge < -0.3 is 10.1 Å². The Balaban J connectivity index is 0.00000121. The number of rotatable bonds is 1. The summed E-state index contributed by atoms with van der Waals surface area (Å²) in [6.07, 6.45) is 0. The van der Waals surface area contributed by atoms with E-state index in [0.29, 0.717) is 0 Å². The number of aromatic amines is 2. The third-order valence-corrected chi connectivity index (χ3v) is 0.991. The Kier molecular flexibility index (Phi) is 3.81. The summed E-state index contributed by atoms with van der Waals surface area (Å²) in [4.78, 5) is 34.9. The minimum absolute atomic E-state index is 0. The molecule has 1 heterocycles. The number of hydrogen-bond acceptors (Lipinski definition) is 3. The Morgan fingerprint density at radius 3 is 2.33 bits per heavy atom. The molecule has 6 nitrogen and oxygen atoms in total. The minimum atomic E-state index is -1.34. The number of carbonyl (C=O) groups is 1. The van der Waals surface area contributed by atoms with Crippen LogP contribution in [0.25, 0.3) is 0 Å². The zero-order chi connectivity index (χ0) is 8.43. The van der Waals surface area contributed by atoms with Gasteiger partial charge in [0.15, 0.2) is 0 Å². The van der Waals surface area contributed by atoms with Crippen LogP contribution in [0.3, 0.4) is 0 Å². The van der Waals surface area contributed by atoms with Gasteiger partial charge in [-0.05, 0) is 0 Å². The van der Waals surface area contributed by atoms with Crippen LogP contribution in [0, 0.1) is 0 Å². The number of hydrogen-bond donors (Lipinski definition) is 3. The predicted molar refractivity (Wildman–Crippen MR) is 44.6 cm³/mol. The van der Waals surface area contributed by atoms with Crippen LogP contribution in [-0.4, -0.2) is 46.9 Å². The molecule has 64 valence electrons. The molecule has 3 N–H and O–H groups in total. The Labute approximate surface area is 84.4 Å². The molecule has 0 saturated heterocycles. The van der Waals surface area contributed by atoms with Gasteiger partial charge in [0.05, 0.1) is 0 Å². The molecule has 0 amide bonds. The number of H-pyrrole nitrogens is 2. The van der Waals surface area contributed by atoms with E-state index in [1.165, 1.54) is 0 Å². The number of carboxylic acids is 1. The zero-order valence-electron chi connectivity index (χ0n) is 5.25. The Hall–Kier alpha value is -0.980. The first kappa shape index (κ1) is 11.0. The third-order valence-electron chi connectivity index (χ3n) is 0.991. The van der Waals surface area contributed by atoms with Gasteiger partial charge in [-0.15, -0.1) is 0 Å². The van der Waals surface area contributed by atoms with E-state index < -0.39 is 22.9 Å². The van der Waals surface area contributed by atoms with Crippen molar-refractivity contribution >= 4 is 31.8 Å². The monoisotopic (exact) mass is 274 g/mol. The molecule has 0 fully saturated rings. The molecule has 0 atom stereocenters. The van der Waals surface area contributed by atoms with Crippen LogP contribution >= 0.6 is 0 Å². The summed E-state index contributed by atoms with van der Waals surface area (Å²) in [5, 5.41) is 8.31. The van der Waals surface area contributed by atoms with Crippen LogP contribution in [0.1, 0.15) is 10.5 Å². The van der Waals surface area contributed by atoms with Crippen molar-refractivity contribution in [3.63, 3.8) is 0 Å². The van der Waals surface area contributed by atoms with Crippen LogP contribution in [0.2, 0.25) is 0 Å². The van der Waals surface area contributed by atoms with Crippen molar-refractivity contribution in [2.75, 3.05) is 0 Å². The SMILES string of the molecule is O=C(O)c1cc(=O)[nH]c(=O)[nH]1.[InH3]. The third kappa shape index (κ3) is 2.57. The van der Waals surface area contributed by atoms with Crippen molar-refractivity contribution in [2.45, 2.75) is 0 Å². The van der Waals surface area contributed by atoms with Crippen molar-refractivity contribution < 1.29 is 9.90 Å². The maximum absolute atomic E-state index is 10.5. The average molecular weight is 274 g/mol. The maximum atomic E-state index is 10.5. The Bertz CT molecular complexity index is 365. The molecule has 0 aliphatic carbocycles. The van der Waals surface area contributed by atoms with Crippen LogP contribution in [-0.2, 0) is 0 Å². The first-order chi connectivity index (χ1) is 5.09. The summed E-state index contributed by atoms with van der Waals surface area (Å²) in [5.41, 5.74) is -1.97. The first-order valence-corrected chi connectivity index (χ1v) is 2.66. The van der Waals surface area contributed by atoms with E-state index >= 15 is 0 Å². The summed E-state index contributed by atoms with van der Waals surface area (Å²) in [5.74, 6) is -1.34. The first-order valence-electron chi connectivity index (χ1n) is 2.66. The molecule has 0 bridgehead atoms. The van der Waals surface area contributed by atoms with Gasteiger partial charge in [-0.3, -0.25) is 9.78 Å². The molecule has 0 aromatic carbocycles. The van der Waals surface area contributed by atoms with Gasteiger partial charge in [0.25, 0.3) is 5.56 Å². The molecule has 0 saturated carbocycles. The zero-order valence-corrected chi connectivity index (χ0v) is 5.25. The topological polar surface area (TPSA) is 103 Å². The number of carboxylic acid groups (broad SMARTS) is 1. The van der Waals surface area contributed by atoms with Crippen LogP contribution < -0.4 is 11.2 Å². The van der Waals surface area contributed by atoms with Crippen molar-refractivity contribution in [1.29, 1.82) is 0 Å². The summed E-state index contributed by atoms with van der Waals surface area (Å²) in [6.45, 7) is 0. The molecule has 12 heavy (non-hydrogen) atoms. The second-order valence-corrected chi connectivity index (χ2v) is 1.81. The molecule has 0 aliphatic rings. The van der Waals surface area contributed by atoms with Gasteiger partial charge in [0, 0.05) is 6.07 Å². The molecule has 1 aromatic heterocycles. The van der Waals surface area contributed by atoms with E-state index in [-0.39, 0.29) is 25.8 Å². The second kappa shape index (κ2) is 4.15. The molecular formula is C5H7InN2O4. The molecular weight excluding hydrogens is 267 g/mol. The van der Waals surface area contributed by atoms with Gasteiger partial charge in [-0.25, -0.2) is 9.59 Å². The van der Waals surface area contributed by atoms with Crippen LogP contribution in [0.4, 0.5) is 0 Å². The van der Waals surface area contributed by atoms with Crippen molar-refractivity contribution in [1.82, 2.24) is 9.97 Å². The summed E-state index contributed by atoms with van der Waals surface area (Å²) in [6, 6.07) is 0.795. The quantitative estimate of drug-likeness (QED) is 0.530. The van der Waals surface area contributed by atoms with Gasteiger partial charge in [0.1, 0.15) is 5.69 Å². The van der Waals surface area contributed by atoms with Crippen molar-refractivity contribution in [2.24, 2.45) is 0 Å². The van der Waals surface area contributed by atoms with Gasteiger partial charge in [-0.2, -0.15) is 0 Å². The van der Waals surface area contributed by atoms with Crippen LogP contribution in [0.5, 0.6) is 0 Å². The number of nitrogens with one attached hydrogen (secondary N) is 2. The fourth-order valence-electron chi connectivity index (χ4n) is 0.584. The van der Waals surface area contributed by atoms with Crippen molar-refractivity contribution in [3.05, 3.63) is 32.6 Å². The Morgan fingerprint density at radius 1 is 1.33 bits per heavy atom. The summed E-state index contributed by atoms with van der Waals surface area (Å²) in [7, 11) is 0. The van der Waals surface area contributed by atoms with Gasteiger partial charge >= 0.3 is 37.5 Å². The standard InChI is InChI=1S/C5H4N2O4.In.3H/c8-3-1-2(4(9)10)6-5(11)7-3;;;;/h1H,(H,9,10)(H2,6,7,8,11);;;;. The number of aromatic nitrogens is 2. The number of aromatic carboxylic acids is 1. The van der Waals surface area contributed by atoms with E-state index in [4.69, 9.17) is 5.11 Å². The summed E-state index contributed by atoms with van der Waals surface area (Å²) >= 11 is 0. The molecule has 7 heteroatoms. The molecule has 1 aromatic rings. The van der Waals surface area contributed by atoms with E-state index in [9.17, 15) is 14.4 Å². The molecule has 0 spiro atoms. The fraction of sp³-hybridized carbons (Fsp3) is 0. The Morgan fingerprint density at radius 2 is 1.92 bits per heavy atom. The molecule has 0 unspecified atom stereocenters.